The third-order valence-electron chi connectivity index (χ3n) is 1.00. The number of nitrogens with two attached hydrogens (primary N) is 1. The quantitative estimate of drug-likeness (QED) is 0.434. The summed E-state index contributed by atoms with van der Waals surface area (Å²) in [6.45, 7) is 0. The lowest BCUT2D eigenvalue weighted by molar-refractivity contribution is 0.193. The molecule has 0 saturated carbocycles. The van der Waals surface area contributed by atoms with Gasteiger partial charge in [0.15, 0.2) is 0 Å². The van der Waals surface area contributed by atoms with E-state index in [4.69, 9.17) is 10.8 Å². The highest BCUT2D eigenvalue weighted by molar-refractivity contribution is 5.72. The molecule has 1 aliphatic heterocycles. The van der Waals surface area contributed by atoms with Crippen LogP contribution in [0.5, 0.6) is 0 Å². The van der Waals surface area contributed by atoms with Gasteiger partial charge in [0.1, 0.15) is 12.3 Å². The molecular formula is C5H8N2O. The number of hydrogen-bond acceptors (Lipinski definition) is 3. The predicted octanol–water partition coefficient (Wildman–Crippen LogP) is -0.727. The zero-order valence-electron chi connectivity index (χ0n) is 4.36. The smallest absolute Gasteiger partial charge is 0.127 e. The average molecular weight is 112 g/mol. The Hall–Kier alpha value is -0.670. The number of hydrogen-bond donors (Lipinski definition) is 2. The lowest BCUT2D eigenvalue weighted by Crippen LogP contribution is -2.32. The minimum absolute atomic E-state index is 0.458. The summed E-state index contributed by atoms with van der Waals surface area (Å²) in [6.07, 6.45) is 3.81. The van der Waals surface area contributed by atoms with E-state index in [1.54, 1.807) is 18.4 Å². The highest BCUT2D eigenvalue weighted by Crippen LogP contribution is 1.96. The molecular weight excluding hydrogens is 104 g/mol. The number of rotatable bonds is 0. The van der Waals surface area contributed by atoms with E-state index < -0.39 is 12.3 Å². The fourth-order valence-corrected chi connectivity index (χ4v) is 0.515. The molecule has 1 aliphatic rings. The number of dihydropyridines is 1. The van der Waals surface area contributed by atoms with E-state index in [9.17, 15) is 0 Å². The molecule has 0 fully saturated rings. The summed E-state index contributed by atoms with van der Waals surface area (Å²) in [7, 11) is 0. The van der Waals surface area contributed by atoms with Crippen molar-refractivity contribution in [2.45, 2.75) is 12.3 Å². The van der Waals surface area contributed by atoms with E-state index in [2.05, 4.69) is 4.99 Å². The molecule has 1 heterocycles. The van der Waals surface area contributed by atoms with Crippen LogP contribution in [0.2, 0.25) is 0 Å². The molecule has 0 aromatic rings. The number of aliphatic hydroxyl groups is 1. The largest absolute Gasteiger partial charge is 0.385 e. The summed E-state index contributed by atoms with van der Waals surface area (Å²) in [5.74, 6) is 0. The van der Waals surface area contributed by atoms with Gasteiger partial charge in [0.25, 0.3) is 0 Å². The average Bonchev–Trinajstić information content (AvgIpc) is 1.77. The first kappa shape index (κ1) is 5.47. The van der Waals surface area contributed by atoms with Crippen molar-refractivity contribution in [3.8, 4) is 0 Å². The molecule has 2 atom stereocenters. The van der Waals surface area contributed by atoms with Crippen molar-refractivity contribution in [2.75, 3.05) is 0 Å². The summed E-state index contributed by atoms with van der Waals surface area (Å²) < 4.78 is 0. The summed E-state index contributed by atoms with van der Waals surface area (Å²) in [5, 5.41) is 8.85. The van der Waals surface area contributed by atoms with Crippen molar-refractivity contribution in [1.29, 1.82) is 0 Å². The van der Waals surface area contributed by atoms with Crippen LogP contribution < -0.4 is 5.73 Å². The molecule has 0 radical (unpaired) electrons. The summed E-state index contributed by atoms with van der Waals surface area (Å²) in [5.41, 5.74) is 5.28. The van der Waals surface area contributed by atoms with E-state index in [0.717, 1.165) is 0 Å². The normalized spacial score (nSPS) is 35.8. The van der Waals surface area contributed by atoms with Crippen molar-refractivity contribution in [3.05, 3.63) is 12.2 Å². The number of aliphatic imine (C=N–C) groups is 1. The standard InChI is InChI=1S/C5H8N2O/c6-5-4(8)2-1-3-7-5/h1-5,8H,6H2. The van der Waals surface area contributed by atoms with E-state index >= 15 is 0 Å². The Bertz CT molecular complexity index is 114. The number of allylic oxidation sites excluding steroid dienone is 1. The molecule has 3 heteroatoms. The van der Waals surface area contributed by atoms with Gasteiger partial charge in [-0.1, -0.05) is 6.08 Å². The zero-order valence-corrected chi connectivity index (χ0v) is 4.36. The monoisotopic (exact) mass is 112 g/mol. The van der Waals surface area contributed by atoms with Crippen LogP contribution in [0, 0.1) is 0 Å². The molecule has 8 heavy (non-hydrogen) atoms. The molecule has 0 saturated heterocycles. The molecule has 0 aliphatic carbocycles. The topological polar surface area (TPSA) is 58.6 Å². The summed E-state index contributed by atoms with van der Waals surface area (Å²) >= 11 is 0. The SMILES string of the molecule is NC1N=CC=CC1O. The third kappa shape index (κ3) is 0.936. The van der Waals surface area contributed by atoms with Crippen molar-refractivity contribution in [2.24, 2.45) is 10.7 Å². The first-order chi connectivity index (χ1) is 3.80. The predicted molar refractivity (Wildman–Crippen MR) is 31.6 cm³/mol. The lowest BCUT2D eigenvalue weighted by atomic mass is 10.2. The van der Waals surface area contributed by atoms with Gasteiger partial charge in [-0.25, -0.2) is 0 Å². The molecule has 0 bridgehead atoms. The molecule has 0 amide bonds. The van der Waals surface area contributed by atoms with Crippen LogP contribution in [-0.2, 0) is 0 Å². The van der Waals surface area contributed by atoms with Gasteiger partial charge < -0.3 is 10.8 Å². The van der Waals surface area contributed by atoms with Gasteiger partial charge in [-0.05, 0) is 6.08 Å². The van der Waals surface area contributed by atoms with Crippen molar-refractivity contribution in [3.63, 3.8) is 0 Å². The van der Waals surface area contributed by atoms with Gasteiger partial charge in [0.2, 0.25) is 0 Å². The van der Waals surface area contributed by atoms with Gasteiger partial charge >= 0.3 is 0 Å². The van der Waals surface area contributed by atoms with Gasteiger partial charge in [-0.2, -0.15) is 0 Å². The first-order valence-corrected chi connectivity index (χ1v) is 2.44. The number of aliphatic hydroxyl groups excluding tert-OH is 1. The second kappa shape index (κ2) is 2.07. The van der Waals surface area contributed by atoms with Crippen LogP contribution in [-0.4, -0.2) is 23.6 Å². The second-order valence-corrected chi connectivity index (χ2v) is 1.66. The molecule has 0 aromatic heterocycles. The third-order valence-corrected chi connectivity index (χ3v) is 1.00. The minimum atomic E-state index is -0.597. The van der Waals surface area contributed by atoms with Gasteiger partial charge in [0, 0.05) is 6.21 Å². The lowest BCUT2D eigenvalue weighted by Gasteiger charge is -2.12. The van der Waals surface area contributed by atoms with Crippen molar-refractivity contribution >= 4 is 6.21 Å². The van der Waals surface area contributed by atoms with E-state index in [1.807, 2.05) is 0 Å². The van der Waals surface area contributed by atoms with Crippen molar-refractivity contribution < 1.29 is 5.11 Å². The first-order valence-electron chi connectivity index (χ1n) is 2.44. The summed E-state index contributed by atoms with van der Waals surface area (Å²) in [6, 6.07) is 0. The summed E-state index contributed by atoms with van der Waals surface area (Å²) in [4.78, 5) is 3.73. The number of nitrogens with zero attached hydrogens (tertiary/aromatic N) is 1. The molecule has 0 spiro atoms. The van der Waals surface area contributed by atoms with Crippen LogP contribution >= 0.6 is 0 Å². The van der Waals surface area contributed by atoms with E-state index in [-0.39, 0.29) is 0 Å². The molecule has 3 N–H and O–H groups in total. The second-order valence-electron chi connectivity index (χ2n) is 1.66. The maximum atomic E-state index is 8.85. The highest BCUT2D eigenvalue weighted by atomic mass is 16.3. The van der Waals surface area contributed by atoms with Crippen molar-refractivity contribution in [1.82, 2.24) is 0 Å². The van der Waals surface area contributed by atoms with Gasteiger partial charge in [-0.3, -0.25) is 4.99 Å². The molecule has 1 rings (SSSR count). The van der Waals surface area contributed by atoms with Crippen LogP contribution in [0.3, 0.4) is 0 Å². The van der Waals surface area contributed by atoms with E-state index in [1.165, 1.54) is 0 Å². The fourth-order valence-electron chi connectivity index (χ4n) is 0.515. The van der Waals surface area contributed by atoms with Crippen LogP contribution in [0.15, 0.2) is 17.1 Å². The van der Waals surface area contributed by atoms with Crippen LogP contribution in [0.1, 0.15) is 0 Å². The Morgan fingerprint density at radius 1 is 1.62 bits per heavy atom. The maximum Gasteiger partial charge on any atom is 0.127 e. The molecule has 3 nitrogen and oxygen atoms in total. The maximum absolute atomic E-state index is 8.85. The Labute approximate surface area is 47.5 Å². The Morgan fingerprint density at radius 2 is 2.38 bits per heavy atom. The molecule has 0 aromatic carbocycles. The van der Waals surface area contributed by atoms with Crippen LogP contribution in [0.4, 0.5) is 0 Å². The Kier molecular flexibility index (Phi) is 1.41. The Morgan fingerprint density at radius 3 is 2.75 bits per heavy atom. The fraction of sp³-hybridized carbons (Fsp3) is 0.400. The van der Waals surface area contributed by atoms with E-state index in [0.29, 0.717) is 0 Å². The van der Waals surface area contributed by atoms with Crippen LogP contribution in [0.25, 0.3) is 0 Å². The highest BCUT2D eigenvalue weighted by Gasteiger charge is 2.09. The molecule has 2 unspecified atom stereocenters. The van der Waals surface area contributed by atoms with Gasteiger partial charge in [-0.15, -0.1) is 0 Å². The zero-order chi connectivity index (χ0) is 5.98. The minimum Gasteiger partial charge on any atom is -0.385 e. The molecule has 44 valence electrons. The Balaban J connectivity index is 2.59. The van der Waals surface area contributed by atoms with Gasteiger partial charge in [0.05, 0.1) is 0 Å².